The molecular formula is C13H19N3O. The van der Waals surface area contributed by atoms with Crippen LogP contribution in [-0.2, 0) is 0 Å². The lowest BCUT2D eigenvalue weighted by atomic mass is 10.0. The van der Waals surface area contributed by atoms with Crippen LogP contribution in [0.15, 0.2) is 22.6 Å². The summed E-state index contributed by atoms with van der Waals surface area (Å²) in [5.41, 5.74) is 3.04. The number of fused-ring (bicyclic) bond motifs is 1. The van der Waals surface area contributed by atoms with Gasteiger partial charge in [-0.2, -0.15) is 0 Å². The second-order valence-corrected chi connectivity index (χ2v) is 4.19. The van der Waals surface area contributed by atoms with E-state index in [-0.39, 0.29) is 0 Å². The molecule has 0 aliphatic heterocycles. The lowest BCUT2D eigenvalue weighted by molar-refractivity contribution is 0.533. The number of nitrogens with one attached hydrogen (secondary N) is 2. The smallest absolute Gasteiger partial charge is 0.192 e. The van der Waals surface area contributed by atoms with Gasteiger partial charge in [0.15, 0.2) is 11.5 Å². The third-order valence-corrected chi connectivity index (χ3v) is 2.95. The summed E-state index contributed by atoms with van der Waals surface area (Å²) < 4.78 is 5.47. The molecule has 1 aromatic carbocycles. The predicted molar refractivity (Wildman–Crippen MR) is 69.1 cm³/mol. The van der Waals surface area contributed by atoms with Crippen molar-refractivity contribution in [3.8, 4) is 0 Å². The van der Waals surface area contributed by atoms with Crippen molar-refractivity contribution in [2.24, 2.45) is 0 Å². The number of benzene rings is 1. The van der Waals surface area contributed by atoms with Gasteiger partial charge in [-0.3, -0.25) is 0 Å². The largest absolute Gasteiger partial charge is 0.441 e. The monoisotopic (exact) mass is 233 g/mol. The molecule has 0 bridgehead atoms. The number of rotatable bonds is 5. The molecule has 0 fully saturated rings. The minimum atomic E-state index is 0.351. The van der Waals surface area contributed by atoms with Crippen molar-refractivity contribution in [2.45, 2.75) is 19.4 Å². The van der Waals surface area contributed by atoms with E-state index in [0.29, 0.717) is 11.9 Å². The summed E-state index contributed by atoms with van der Waals surface area (Å²) >= 11 is 0. The summed E-state index contributed by atoms with van der Waals surface area (Å²) in [6, 6.07) is 6.55. The second-order valence-electron chi connectivity index (χ2n) is 4.19. The van der Waals surface area contributed by atoms with Crippen molar-refractivity contribution in [3.63, 3.8) is 0 Å². The van der Waals surface area contributed by atoms with Crippen LogP contribution in [-0.4, -0.2) is 25.6 Å². The molecule has 0 amide bonds. The molecule has 92 valence electrons. The van der Waals surface area contributed by atoms with Crippen LogP contribution < -0.4 is 10.6 Å². The number of aryl methyl sites for hydroxylation is 1. The number of aromatic nitrogens is 1. The van der Waals surface area contributed by atoms with Gasteiger partial charge in [-0.1, -0.05) is 6.07 Å². The maximum Gasteiger partial charge on any atom is 0.192 e. The zero-order valence-electron chi connectivity index (χ0n) is 10.6. The summed E-state index contributed by atoms with van der Waals surface area (Å²) in [6.45, 7) is 2.86. The summed E-state index contributed by atoms with van der Waals surface area (Å²) in [4.78, 5) is 4.36. The summed E-state index contributed by atoms with van der Waals surface area (Å²) in [7, 11) is 3.95. The first-order valence-electron chi connectivity index (χ1n) is 5.93. The molecule has 1 aromatic heterocycles. The molecule has 0 radical (unpaired) electrons. The number of hydrogen-bond acceptors (Lipinski definition) is 4. The van der Waals surface area contributed by atoms with E-state index in [9.17, 15) is 0 Å². The van der Waals surface area contributed by atoms with E-state index in [0.717, 1.165) is 24.1 Å². The Hall–Kier alpha value is -1.39. The first-order chi connectivity index (χ1) is 8.24. The molecule has 2 N–H and O–H groups in total. The highest BCUT2D eigenvalue weighted by Crippen LogP contribution is 2.22. The zero-order chi connectivity index (χ0) is 12.3. The van der Waals surface area contributed by atoms with Crippen molar-refractivity contribution in [1.29, 1.82) is 0 Å². The number of hydrogen-bond donors (Lipinski definition) is 2. The van der Waals surface area contributed by atoms with Crippen LogP contribution in [0.4, 0.5) is 0 Å². The lowest BCUT2D eigenvalue weighted by Gasteiger charge is -2.16. The van der Waals surface area contributed by atoms with Gasteiger partial charge in [-0.05, 0) is 44.8 Å². The van der Waals surface area contributed by atoms with Gasteiger partial charge >= 0.3 is 0 Å². The highest BCUT2D eigenvalue weighted by Gasteiger charge is 2.10. The van der Waals surface area contributed by atoms with E-state index in [1.807, 2.05) is 27.1 Å². The Morgan fingerprint density at radius 2 is 2.18 bits per heavy atom. The van der Waals surface area contributed by atoms with E-state index in [2.05, 4.69) is 27.8 Å². The Balaban J connectivity index is 2.26. The molecule has 4 nitrogen and oxygen atoms in total. The first kappa shape index (κ1) is 12.1. The molecule has 1 unspecified atom stereocenters. The summed E-state index contributed by atoms with van der Waals surface area (Å²) in [5, 5.41) is 6.50. The maximum atomic E-state index is 5.47. The normalized spacial score (nSPS) is 13.1. The zero-order valence-corrected chi connectivity index (χ0v) is 10.6. The quantitative estimate of drug-likeness (QED) is 0.829. The van der Waals surface area contributed by atoms with Crippen molar-refractivity contribution < 1.29 is 4.42 Å². The Morgan fingerprint density at radius 3 is 2.88 bits per heavy atom. The van der Waals surface area contributed by atoms with Gasteiger partial charge in [0.2, 0.25) is 0 Å². The highest BCUT2D eigenvalue weighted by atomic mass is 16.3. The van der Waals surface area contributed by atoms with E-state index in [1.165, 1.54) is 5.56 Å². The third kappa shape index (κ3) is 2.65. The van der Waals surface area contributed by atoms with Crippen molar-refractivity contribution in [3.05, 3.63) is 29.7 Å². The van der Waals surface area contributed by atoms with Gasteiger partial charge in [0.05, 0.1) is 0 Å². The average molecular weight is 233 g/mol. The molecule has 2 rings (SSSR count). The lowest BCUT2D eigenvalue weighted by Crippen LogP contribution is -2.21. The fraction of sp³-hybridized carbons (Fsp3) is 0.462. The fourth-order valence-electron chi connectivity index (χ4n) is 2.04. The molecule has 0 saturated heterocycles. The molecule has 17 heavy (non-hydrogen) atoms. The Bertz CT molecular complexity index is 492. The Morgan fingerprint density at radius 1 is 1.35 bits per heavy atom. The standard InChI is InChI=1S/C13H19N3O/c1-9-16-12-8-10(4-5-13(12)17-9)11(15-3)6-7-14-2/h4-5,8,11,14-15H,6-7H2,1-3H3. The van der Waals surface area contributed by atoms with Crippen LogP contribution >= 0.6 is 0 Å². The van der Waals surface area contributed by atoms with Gasteiger partial charge in [0.1, 0.15) is 5.52 Å². The summed E-state index contributed by atoms with van der Waals surface area (Å²) in [6.07, 6.45) is 1.05. The minimum absolute atomic E-state index is 0.351. The van der Waals surface area contributed by atoms with Crippen LogP contribution in [0.5, 0.6) is 0 Å². The van der Waals surface area contributed by atoms with Gasteiger partial charge in [-0.25, -0.2) is 4.98 Å². The van der Waals surface area contributed by atoms with E-state index >= 15 is 0 Å². The number of oxazole rings is 1. The van der Waals surface area contributed by atoms with Crippen molar-refractivity contribution >= 4 is 11.1 Å². The van der Waals surface area contributed by atoms with Crippen LogP contribution in [0, 0.1) is 6.92 Å². The van der Waals surface area contributed by atoms with Crippen molar-refractivity contribution in [2.75, 3.05) is 20.6 Å². The van der Waals surface area contributed by atoms with Crippen LogP contribution in [0.3, 0.4) is 0 Å². The third-order valence-electron chi connectivity index (χ3n) is 2.95. The van der Waals surface area contributed by atoms with Gasteiger partial charge < -0.3 is 15.1 Å². The molecule has 2 aromatic rings. The molecular weight excluding hydrogens is 214 g/mol. The molecule has 4 heteroatoms. The molecule has 0 saturated carbocycles. The van der Waals surface area contributed by atoms with Crippen LogP contribution in [0.25, 0.3) is 11.1 Å². The minimum Gasteiger partial charge on any atom is -0.441 e. The highest BCUT2D eigenvalue weighted by molar-refractivity contribution is 5.73. The molecule has 0 aliphatic carbocycles. The van der Waals surface area contributed by atoms with Crippen LogP contribution in [0.1, 0.15) is 23.9 Å². The Kier molecular flexibility index (Phi) is 3.76. The Labute approximate surface area is 101 Å². The van der Waals surface area contributed by atoms with Crippen LogP contribution in [0.2, 0.25) is 0 Å². The second kappa shape index (κ2) is 5.29. The molecule has 0 spiro atoms. The predicted octanol–water partition coefficient (Wildman–Crippen LogP) is 2.01. The number of nitrogens with zero attached hydrogens (tertiary/aromatic N) is 1. The van der Waals surface area contributed by atoms with E-state index in [1.54, 1.807) is 0 Å². The van der Waals surface area contributed by atoms with E-state index < -0.39 is 0 Å². The van der Waals surface area contributed by atoms with Crippen molar-refractivity contribution in [1.82, 2.24) is 15.6 Å². The van der Waals surface area contributed by atoms with Gasteiger partial charge in [0.25, 0.3) is 0 Å². The fourth-order valence-corrected chi connectivity index (χ4v) is 2.04. The van der Waals surface area contributed by atoms with Gasteiger partial charge in [0, 0.05) is 13.0 Å². The molecule has 1 atom stereocenters. The SMILES string of the molecule is CNCCC(NC)c1ccc2oc(C)nc2c1. The average Bonchev–Trinajstić information content (AvgIpc) is 2.69. The molecule has 1 heterocycles. The summed E-state index contributed by atoms with van der Waals surface area (Å²) in [5.74, 6) is 0.716. The van der Waals surface area contributed by atoms with E-state index in [4.69, 9.17) is 4.42 Å². The first-order valence-corrected chi connectivity index (χ1v) is 5.93. The van der Waals surface area contributed by atoms with Gasteiger partial charge in [-0.15, -0.1) is 0 Å². The topological polar surface area (TPSA) is 50.1 Å². The maximum absolute atomic E-state index is 5.47. The molecule has 0 aliphatic rings.